The standard InChI is InChI=1S/C11H15N2/c1-2-4-10(5-3-1)8-11-9-12-6-7-13-11/h1-5,11-12H,6-9H2. The second kappa shape index (κ2) is 4.40. The van der Waals surface area contributed by atoms with Gasteiger partial charge in [0.1, 0.15) is 0 Å². The quantitative estimate of drug-likeness (QED) is 0.707. The summed E-state index contributed by atoms with van der Waals surface area (Å²) in [5, 5.41) is 7.92. The summed E-state index contributed by atoms with van der Waals surface area (Å²) in [5.74, 6) is 0. The Morgan fingerprint density at radius 1 is 1.31 bits per heavy atom. The molecule has 1 radical (unpaired) electrons. The number of nitrogens with zero attached hydrogens (tertiary/aromatic N) is 1. The first-order valence-electron chi connectivity index (χ1n) is 4.86. The Morgan fingerprint density at radius 3 is 2.85 bits per heavy atom. The van der Waals surface area contributed by atoms with Gasteiger partial charge in [0.2, 0.25) is 0 Å². The van der Waals surface area contributed by atoms with Crippen molar-refractivity contribution in [2.75, 3.05) is 19.6 Å². The van der Waals surface area contributed by atoms with Crippen molar-refractivity contribution in [2.45, 2.75) is 12.5 Å². The maximum absolute atomic E-state index is 4.56. The van der Waals surface area contributed by atoms with Gasteiger partial charge in [-0.25, -0.2) is 5.32 Å². The summed E-state index contributed by atoms with van der Waals surface area (Å²) < 4.78 is 0. The van der Waals surface area contributed by atoms with Gasteiger partial charge in [-0.05, 0) is 12.0 Å². The van der Waals surface area contributed by atoms with Crippen molar-refractivity contribution < 1.29 is 0 Å². The highest BCUT2D eigenvalue weighted by atomic mass is 15.0. The minimum atomic E-state index is 0.483. The number of benzene rings is 1. The van der Waals surface area contributed by atoms with Crippen LogP contribution in [-0.2, 0) is 6.42 Å². The van der Waals surface area contributed by atoms with Gasteiger partial charge in [0.05, 0.1) is 0 Å². The Kier molecular flexibility index (Phi) is 2.95. The van der Waals surface area contributed by atoms with E-state index in [-0.39, 0.29) is 0 Å². The van der Waals surface area contributed by atoms with Gasteiger partial charge in [0.25, 0.3) is 0 Å². The average molecular weight is 175 g/mol. The average Bonchev–Trinajstić information content (AvgIpc) is 2.21. The maximum Gasteiger partial charge on any atom is 0.0411 e. The van der Waals surface area contributed by atoms with Crippen molar-refractivity contribution in [3.8, 4) is 0 Å². The summed E-state index contributed by atoms with van der Waals surface area (Å²) in [6.07, 6.45) is 1.08. The highest BCUT2D eigenvalue weighted by Crippen LogP contribution is 2.04. The number of hydrogen-bond acceptors (Lipinski definition) is 1. The fourth-order valence-corrected chi connectivity index (χ4v) is 1.68. The van der Waals surface area contributed by atoms with Crippen LogP contribution in [0.4, 0.5) is 0 Å². The summed E-state index contributed by atoms with van der Waals surface area (Å²) in [6, 6.07) is 11.1. The minimum absolute atomic E-state index is 0.483. The zero-order chi connectivity index (χ0) is 8.93. The van der Waals surface area contributed by atoms with Gasteiger partial charge in [-0.2, -0.15) is 0 Å². The third-order valence-electron chi connectivity index (χ3n) is 2.37. The normalized spacial score (nSPS) is 22.9. The molecular weight excluding hydrogens is 160 g/mol. The molecule has 69 valence electrons. The maximum atomic E-state index is 4.56. The molecule has 1 unspecified atom stereocenters. The third kappa shape index (κ3) is 2.54. The molecule has 0 spiro atoms. The molecule has 0 aliphatic carbocycles. The predicted molar refractivity (Wildman–Crippen MR) is 53.8 cm³/mol. The van der Waals surface area contributed by atoms with Crippen LogP contribution in [-0.4, -0.2) is 25.7 Å². The largest absolute Gasteiger partial charge is 0.314 e. The van der Waals surface area contributed by atoms with Gasteiger partial charge in [-0.3, -0.25) is 0 Å². The Bertz CT molecular complexity index is 240. The van der Waals surface area contributed by atoms with E-state index in [4.69, 9.17) is 0 Å². The van der Waals surface area contributed by atoms with Gasteiger partial charge < -0.3 is 5.32 Å². The van der Waals surface area contributed by atoms with Crippen molar-refractivity contribution in [2.24, 2.45) is 0 Å². The zero-order valence-corrected chi connectivity index (χ0v) is 7.74. The molecule has 1 heterocycles. The van der Waals surface area contributed by atoms with Crippen molar-refractivity contribution >= 4 is 0 Å². The molecule has 13 heavy (non-hydrogen) atoms. The van der Waals surface area contributed by atoms with Crippen LogP contribution in [0.25, 0.3) is 0 Å². The topological polar surface area (TPSA) is 26.1 Å². The van der Waals surface area contributed by atoms with Crippen LogP contribution in [0.15, 0.2) is 30.3 Å². The minimum Gasteiger partial charge on any atom is -0.314 e. The van der Waals surface area contributed by atoms with Crippen molar-refractivity contribution in [3.63, 3.8) is 0 Å². The first-order chi connectivity index (χ1) is 6.45. The number of nitrogens with one attached hydrogen (secondary N) is 1. The van der Waals surface area contributed by atoms with Crippen molar-refractivity contribution in [1.29, 1.82) is 0 Å². The van der Waals surface area contributed by atoms with E-state index in [0.717, 1.165) is 26.1 Å². The van der Waals surface area contributed by atoms with Gasteiger partial charge in [0.15, 0.2) is 0 Å². The molecule has 1 fully saturated rings. The highest BCUT2D eigenvalue weighted by Gasteiger charge is 2.12. The summed E-state index contributed by atoms with van der Waals surface area (Å²) in [5.41, 5.74) is 1.39. The van der Waals surface area contributed by atoms with Crippen LogP contribution >= 0.6 is 0 Å². The second-order valence-electron chi connectivity index (χ2n) is 3.45. The first kappa shape index (κ1) is 8.73. The van der Waals surface area contributed by atoms with Gasteiger partial charge in [-0.1, -0.05) is 30.3 Å². The Morgan fingerprint density at radius 2 is 2.15 bits per heavy atom. The second-order valence-corrected chi connectivity index (χ2v) is 3.45. The first-order valence-corrected chi connectivity index (χ1v) is 4.86. The molecule has 2 rings (SSSR count). The molecule has 1 aliphatic heterocycles. The van der Waals surface area contributed by atoms with Gasteiger partial charge >= 0.3 is 0 Å². The van der Waals surface area contributed by atoms with Gasteiger partial charge in [-0.15, -0.1) is 0 Å². The van der Waals surface area contributed by atoms with E-state index in [0.29, 0.717) is 6.04 Å². The lowest BCUT2D eigenvalue weighted by atomic mass is 10.1. The Labute approximate surface area is 79.4 Å². The fourth-order valence-electron chi connectivity index (χ4n) is 1.68. The molecule has 0 aromatic heterocycles. The molecule has 1 saturated heterocycles. The molecule has 0 saturated carbocycles. The molecule has 2 heteroatoms. The van der Waals surface area contributed by atoms with Crippen molar-refractivity contribution in [1.82, 2.24) is 10.6 Å². The van der Waals surface area contributed by atoms with E-state index in [1.165, 1.54) is 5.56 Å². The highest BCUT2D eigenvalue weighted by molar-refractivity contribution is 5.16. The molecular formula is C11H15N2. The van der Waals surface area contributed by atoms with Crippen LogP contribution in [0, 0.1) is 0 Å². The third-order valence-corrected chi connectivity index (χ3v) is 2.37. The molecule has 0 amide bonds. The van der Waals surface area contributed by atoms with E-state index in [2.05, 4.69) is 41.0 Å². The van der Waals surface area contributed by atoms with E-state index in [1.54, 1.807) is 0 Å². The molecule has 1 N–H and O–H groups in total. The van der Waals surface area contributed by atoms with Crippen LogP contribution in [0.1, 0.15) is 5.56 Å². The lowest BCUT2D eigenvalue weighted by molar-refractivity contribution is 0.408. The monoisotopic (exact) mass is 175 g/mol. The predicted octanol–water partition coefficient (Wildman–Crippen LogP) is 0.805. The number of rotatable bonds is 2. The van der Waals surface area contributed by atoms with Crippen LogP contribution in [0.3, 0.4) is 0 Å². The lowest BCUT2D eigenvalue weighted by Gasteiger charge is -2.22. The summed E-state index contributed by atoms with van der Waals surface area (Å²) in [4.78, 5) is 0. The lowest BCUT2D eigenvalue weighted by Crippen LogP contribution is -2.45. The Balaban J connectivity index is 1.90. The Hall–Kier alpha value is -0.860. The SMILES string of the molecule is c1ccc(CC2CNCC[N]2)cc1. The van der Waals surface area contributed by atoms with Crippen LogP contribution in [0.5, 0.6) is 0 Å². The summed E-state index contributed by atoms with van der Waals surface area (Å²) >= 11 is 0. The number of hydrogen-bond donors (Lipinski definition) is 1. The van der Waals surface area contributed by atoms with Gasteiger partial charge in [0, 0.05) is 25.7 Å². The smallest absolute Gasteiger partial charge is 0.0411 e. The molecule has 1 aromatic rings. The molecule has 0 bridgehead atoms. The van der Waals surface area contributed by atoms with Crippen molar-refractivity contribution in [3.05, 3.63) is 35.9 Å². The molecule has 1 atom stereocenters. The van der Waals surface area contributed by atoms with E-state index in [9.17, 15) is 0 Å². The summed E-state index contributed by atoms with van der Waals surface area (Å²) in [6.45, 7) is 3.05. The van der Waals surface area contributed by atoms with E-state index in [1.807, 2.05) is 0 Å². The van der Waals surface area contributed by atoms with Crippen LogP contribution < -0.4 is 10.6 Å². The van der Waals surface area contributed by atoms with E-state index >= 15 is 0 Å². The fraction of sp³-hybridized carbons (Fsp3) is 0.455. The summed E-state index contributed by atoms with van der Waals surface area (Å²) in [7, 11) is 0. The zero-order valence-electron chi connectivity index (χ0n) is 7.74. The molecule has 1 aromatic carbocycles. The van der Waals surface area contributed by atoms with Crippen LogP contribution in [0.2, 0.25) is 0 Å². The number of piperazine rings is 1. The van der Waals surface area contributed by atoms with E-state index < -0.39 is 0 Å². The molecule has 2 nitrogen and oxygen atoms in total. The molecule has 1 aliphatic rings.